The summed E-state index contributed by atoms with van der Waals surface area (Å²) < 4.78 is 5.45. The van der Waals surface area contributed by atoms with Crippen molar-refractivity contribution in [3.8, 4) is 11.3 Å². The lowest BCUT2D eigenvalue weighted by Gasteiger charge is -2.11. The number of carbonyl (C=O) groups excluding carboxylic acids is 1. The van der Waals surface area contributed by atoms with E-state index in [2.05, 4.69) is 9.97 Å². The van der Waals surface area contributed by atoms with E-state index >= 15 is 0 Å². The Morgan fingerprint density at radius 1 is 0.971 bits per heavy atom. The lowest BCUT2D eigenvalue weighted by atomic mass is 10.1. The number of rotatable bonds is 7. The Hall–Kier alpha value is -4.92. The van der Waals surface area contributed by atoms with Gasteiger partial charge in [-0.25, -0.2) is 19.6 Å². The van der Waals surface area contributed by atoms with Crippen molar-refractivity contribution in [1.82, 2.24) is 9.97 Å². The van der Waals surface area contributed by atoms with Gasteiger partial charge in [0.15, 0.2) is 5.69 Å². The van der Waals surface area contributed by atoms with Crippen LogP contribution in [0.1, 0.15) is 21.6 Å². The Bertz CT molecular complexity index is 1420. The van der Waals surface area contributed by atoms with Crippen molar-refractivity contribution in [2.45, 2.75) is 6.61 Å². The van der Waals surface area contributed by atoms with Crippen LogP contribution in [0.15, 0.2) is 78.9 Å². The quantitative estimate of drug-likeness (QED) is 0.184. The average Bonchev–Trinajstić information content (AvgIpc) is 2.85. The van der Waals surface area contributed by atoms with Gasteiger partial charge >= 0.3 is 11.9 Å². The highest BCUT2D eigenvalue weighted by Crippen LogP contribution is 2.27. The van der Waals surface area contributed by atoms with E-state index in [-0.39, 0.29) is 29.2 Å². The molecule has 0 radical (unpaired) electrons. The van der Waals surface area contributed by atoms with Crippen LogP contribution in [-0.4, -0.2) is 31.9 Å². The molecule has 3 aromatic carbocycles. The number of carbonyl (C=O) groups is 2. The highest BCUT2D eigenvalue weighted by molar-refractivity contribution is 5.97. The van der Waals surface area contributed by atoms with Gasteiger partial charge in [-0.3, -0.25) is 10.1 Å². The standard InChI is InChI=1S/C25H17N3O6/c29-22(30)13-8-16-6-9-18(10-7-16)23-24(25(31)34-15-17-4-2-1-3-5-17)26-20-12-11-19(28(32)33)14-21(20)27-23/h1-14H,15H2,(H,29,30)/b13-8+. The monoisotopic (exact) mass is 455 g/mol. The molecule has 4 rings (SSSR count). The summed E-state index contributed by atoms with van der Waals surface area (Å²) in [4.78, 5) is 43.2. The molecule has 0 spiro atoms. The van der Waals surface area contributed by atoms with Gasteiger partial charge in [-0.1, -0.05) is 54.6 Å². The number of non-ortho nitro benzene ring substituents is 1. The fourth-order valence-corrected chi connectivity index (χ4v) is 3.21. The predicted octanol–water partition coefficient (Wildman–Crippen LogP) is 4.66. The van der Waals surface area contributed by atoms with E-state index in [4.69, 9.17) is 9.84 Å². The molecule has 0 aliphatic heterocycles. The Balaban J connectivity index is 1.75. The highest BCUT2D eigenvalue weighted by Gasteiger charge is 2.21. The molecule has 168 valence electrons. The Morgan fingerprint density at radius 3 is 2.38 bits per heavy atom. The zero-order chi connectivity index (χ0) is 24.1. The second-order valence-electron chi connectivity index (χ2n) is 7.21. The van der Waals surface area contributed by atoms with Crippen LogP contribution < -0.4 is 0 Å². The van der Waals surface area contributed by atoms with Gasteiger partial charge < -0.3 is 9.84 Å². The molecule has 1 aromatic heterocycles. The molecular weight excluding hydrogens is 438 g/mol. The number of fused-ring (bicyclic) bond motifs is 1. The molecule has 0 bridgehead atoms. The highest BCUT2D eigenvalue weighted by atomic mass is 16.6. The van der Waals surface area contributed by atoms with E-state index in [1.54, 1.807) is 24.3 Å². The van der Waals surface area contributed by atoms with Crippen LogP contribution in [-0.2, 0) is 16.1 Å². The van der Waals surface area contributed by atoms with Crippen molar-refractivity contribution in [2.24, 2.45) is 0 Å². The Morgan fingerprint density at radius 2 is 1.71 bits per heavy atom. The van der Waals surface area contributed by atoms with Crippen molar-refractivity contribution >= 4 is 34.7 Å². The number of hydrogen-bond acceptors (Lipinski definition) is 7. The van der Waals surface area contributed by atoms with E-state index < -0.39 is 16.9 Å². The van der Waals surface area contributed by atoms with Gasteiger partial charge in [-0.05, 0) is 23.3 Å². The molecule has 0 fully saturated rings. The normalized spacial score (nSPS) is 10.9. The second-order valence-corrected chi connectivity index (χ2v) is 7.21. The number of carboxylic acids is 1. The summed E-state index contributed by atoms with van der Waals surface area (Å²) in [5.41, 5.74) is 2.51. The minimum atomic E-state index is -1.07. The maximum atomic E-state index is 13.0. The zero-order valence-electron chi connectivity index (χ0n) is 17.6. The summed E-state index contributed by atoms with van der Waals surface area (Å²) in [6, 6.07) is 19.8. The number of esters is 1. The van der Waals surface area contributed by atoms with Crippen molar-refractivity contribution in [3.63, 3.8) is 0 Å². The van der Waals surface area contributed by atoms with Crippen molar-refractivity contribution in [3.05, 3.63) is 106 Å². The summed E-state index contributed by atoms with van der Waals surface area (Å²) in [5, 5.41) is 20.0. The number of carboxylic acid groups (broad SMARTS) is 1. The molecule has 0 atom stereocenters. The molecule has 0 saturated carbocycles. The third-order valence-corrected chi connectivity index (χ3v) is 4.87. The molecule has 0 aliphatic rings. The van der Waals surface area contributed by atoms with Crippen LogP contribution in [0.3, 0.4) is 0 Å². The Labute approximate surface area is 193 Å². The first kappa shape index (κ1) is 22.3. The average molecular weight is 455 g/mol. The van der Waals surface area contributed by atoms with Crippen LogP contribution in [0, 0.1) is 10.1 Å². The topological polar surface area (TPSA) is 133 Å². The van der Waals surface area contributed by atoms with Crippen LogP contribution >= 0.6 is 0 Å². The lowest BCUT2D eigenvalue weighted by molar-refractivity contribution is -0.384. The third-order valence-electron chi connectivity index (χ3n) is 4.87. The summed E-state index contributed by atoms with van der Waals surface area (Å²) in [5.74, 6) is -1.77. The molecule has 0 aliphatic carbocycles. The number of benzene rings is 3. The van der Waals surface area contributed by atoms with E-state index in [0.29, 0.717) is 16.6 Å². The van der Waals surface area contributed by atoms with Crippen LogP contribution in [0.2, 0.25) is 0 Å². The first-order chi connectivity index (χ1) is 16.4. The minimum absolute atomic E-state index is 0.0360. The van der Waals surface area contributed by atoms with Gasteiger partial charge in [-0.2, -0.15) is 0 Å². The molecule has 0 saturated heterocycles. The number of hydrogen-bond donors (Lipinski definition) is 1. The molecule has 0 amide bonds. The van der Waals surface area contributed by atoms with Gasteiger partial charge in [-0.15, -0.1) is 0 Å². The lowest BCUT2D eigenvalue weighted by Crippen LogP contribution is -2.11. The first-order valence-electron chi connectivity index (χ1n) is 10.1. The van der Waals surface area contributed by atoms with Crippen molar-refractivity contribution in [2.75, 3.05) is 0 Å². The molecular formula is C25H17N3O6. The van der Waals surface area contributed by atoms with Gasteiger partial charge in [0.2, 0.25) is 0 Å². The molecule has 4 aromatic rings. The Kier molecular flexibility index (Phi) is 6.35. The zero-order valence-corrected chi connectivity index (χ0v) is 17.6. The number of aromatic nitrogens is 2. The minimum Gasteiger partial charge on any atom is -0.478 e. The predicted molar refractivity (Wildman–Crippen MR) is 124 cm³/mol. The van der Waals surface area contributed by atoms with Crippen LogP contribution in [0.25, 0.3) is 28.4 Å². The molecule has 1 N–H and O–H groups in total. The van der Waals surface area contributed by atoms with Gasteiger partial charge in [0.05, 0.1) is 16.0 Å². The largest absolute Gasteiger partial charge is 0.478 e. The SMILES string of the molecule is O=C(O)/C=C/c1ccc(-c2nc3cc([N+](=O)[O-])ccc3nc2C(=O)OCc2ccccc2)cc1. The van der Waals surface area contributed by atoms with Crippen molar-refractivity contribution in [1.29, 1.82) is 0 Å². The molecule has 1 heterocycles. The maximum absolute atomic E-state index is 13.0. The number of nitrogens with zero attached hydrogens (tertiary/aromatic N) is 3. The molecule has 9 nitrogen and oxygen atoms in total. The summed E-state index contributed by atoms with van der Waals surface area (Å²) >= 11 is 0. The van der Waals surface area contributed by atoms with Gasteiger partial charge in [0.1, 0.15) is 12.3 Å². The van der Waals surface area contributed by atoms with Crippen molar-refractivity contribution < 1.29 is 24.4 Å². The number of nitro benzene ring substituents is 1. The third kappa shape index (κ3) is 5.10. The number of ether oxygens (including phenoxy) is 1. The molecule has 9 heteroatoms. The molecule has 34 heavy (non-hydrogen) atoms. The van der Waals surface area contributed by atoms with E-state index in [9.17, 15) is 19.7 Å². The number of aliphatic carboxylic acids is 1. The van der Waals surface area contributed by atoms with Gasteiger partial charge in [0, 0.05) is 23.8 Å². The fraction of sp³-hybridized carbons (Fsp3) is 0.0400. The van der Waals surface area contributed by atoms with E-state index in [1.165, 1.54) is 24.3 Å². The summed E-state index contributed by atoms with van der Waals surface area (Å²) in [7, 11) is 0. The smallest absolute Gasteiger partial charge is 0.359 e. The second kappa shape index (κ2) is 9.70. The van der Waals surface area contributed by atoms with E-state index in [0.717, 1.165) is 11.6 Å². The van der Waals surface area contributed by atoms with Crippen LogP contribution in [0.4, 0.5) is 5.69 Å². The van der Waals surface area contributed by atoms with E-state index in [1.807, 2.05) is 30.3 Å². The maximum Gasteiger partial charge on any atom is 0.359 e. The number of nitro groups is 1. The van der Waals surface area contributed by atoms with Gasteiger partial charge in [0.25, 0.3) is 5.69 Å². The summed E-state index contributed by atoms with van der Waals surface area (Å²) in [6.07, 6.45) is 2.44. The molecule has 0 unspecified atom stereocenters. The first-order valence-corrected chi connectivity index (χ1v) is 10.1. The summed E-state index contributed by atoms with van der Waals surface area (Å²) in [6.45, 7) is 0.0397. The fourth-order valence-electron chi connectivity index (χ4n) is 3.21. The van der Waals surface area contributed by atoms with Crippen LogP contribution in [0.5, 0.6) is 0 Å².